The first-order chi connectivity index (χ1) is 17.4. The number of ether oxygens (including phenoxy) is 1. The van der Waals surface area contributed by atoms with Crippen LogP contribution in [0, 0.1) is 18.8 Å². The molecule has 0 bridgehead atoms. The molecule has 5 rings (SSSR count). The van der Waals surface area contributed by atoms with Crippen molar-refractivity contribution in [1.82, 2.24) is 14.8 Å². The number of rotatable bonds is 5. The molecule has 1 aliphatic rings. The van der Waals surface area contributed by atoms with Crippen LogP contribution in [0.3, 0.4) is 0 Å². The van der Waals surface area contributed by atoms with E-state index in [1.807, 2.05) is 41.8 Å². The molecule has 1 aliphatic heterocycles. The van der Waals surface area contributed by atoms with E-state index >= 15 is 0 Å². The van der Waals surface area contributed by atoms with Gasteiger partial charge in [0.05, 0.1) is 10.6 Å². The summed E-state index contributed by atoms with van der Waals surface area (Å²) in [5, 5.41) is 18.8. The van der Waals surface area contributed by atoms with Crippen LogP contribution in [0.2, 0.25) is 5.02 Å². The Hall–Kier alpha value is -4.26. The lowest BCUT2D eigenvalue weighted by Crippen LogP contribution is -2.12. The third-order valence-corrected chi connectivity index (χ3v) is 6.77. The first-order valence-corrected chi connectivity index (χ1v) is 12.0. The van der Waals surface area contributed by atoms with Crippen molar-refractivity contribution < 1.29 is 19.4 Å². The predicted molar refractivity (Wildman–Crippen MR) is 136 cm³/mol. The van der Waals surface area contributed by atoms with Gasteiger partial charge in [0.2, 0.25) is 0 Å². The fourth-order valence-electron chi connectivity index (χ4n) is 3.74. The maximum atomic E-state index is 11.5. The van der Waals surface area contributed by atoms with E-state index in [0.29, 0.717) is 17.3 Å². The molecule has 178 valence electrons. The minimum absolute atomic E-state index is 0.0839. The van der Waals surface area contributed by atoms with Gasteiger partial charge in [0.1, 0.15) is 29.7 Å². The van der Waals surface area contributed by atoms with E-state index in [1.165, 1.54) is 35.6 Å². The lowest BCUT2D eigenvalue weighted by molar-refractivity contribution is -0.131. The molecule has 10 heteroatoms. The van der Waals surface area contributed by atoms with E-state index in [1.54, 1.807) is 0 Å². The van der Waals surface area contributed by atoms with Crippen molar-refractivity contribution in [3.63, 3.8) is 0 Å². The Morgan fingerprint density at radius 1 is 1.14 bits per heavy atom. The van der Waals surface area contributed by atoms with Gasteiger partial charge < -0.3 is 9.84 Å². The molecule has 0 radical (unpaired) electrons. The number of aliphatic imine (C=N–C) groups is 1. The maximum absolute atomic E-state index is 11.5. The van der Waals surface area contributed by atoms with E-state index in [0.717, 1.165) is 38.4 Å². The van der Waals surface area contributed by atoms with Crippen LogP contribution >= 0.6 is 22.9 Å². The van der Waals surface area contributed by atoms with Crippen LogP contribution in [0.4, 0.5) is 0 Å². The molecule has 0 spiro atoms. The number of aromatic nitrogens is 3. The molecule has 3 heterocycles. The smallest absolute Gasteiger partial charge is 0.377 e. The number of carbonyl (C=O) groups excluding carboxylic acids is 1. The van der Waals surface area contributed by atoms with Crippen molar-refractivity contribution in [3.05, 3.63) is 92.8 Å². The maximum Gasteiger partial charge on any atom is 0.377 e. The van der Waals surface area contributed by atoms with E-state index < -0.39 is 11.8 Å². The normalized spacial score (nSPS) is 11.9. The molecular weight excluding hydrogens is 500 g/mol. The molecule has 8 nitrogen and oxygen atoms in total. The molecule has 0 amide bonds. The number of Topliss-reactive ketones (excluding diaryl/α,β-unsaturated/α-hetero) is 1. The van der Waals surface area contributed by atoms with Crippen LogP contribution in [-0.2, 0) is 11.3 Å². The molecule has 4 aromatic rings. The van der Waals surface area contributed by atoms with Crippen molar-refractivity contribution in [1.29, 1.82) is 0 Å². The Balaban J connectivity index is 1.40. The van der Waals surface area contributed by atoms with Gasteiger partial charge in [-0.05, 0) is 43.3 Å². The Bertz CT molecular complexity index is 1590. The molecule has 0 saturated heterocycles. The number of carbonyl (C=O) groups is 2. The lowest BCUT2D eigenvalue weighted by atomic mass is 10.0. The third kappa shape index (κ3) is 4.52. The van der Waals surface area contributed by atoms with Crippen LogP contribution < -0.4 is 4.74 Å². The van der Waals surface area contributed by atoms with Crippen LogP contribution in [0.1, 0.15) is 38.0 Å². The van der Waals surface area contributed by atoms with Gasteiger partial charge in [0, 0.05) is 21.7 Å². The molecule has 0 saturated carbocycles. The Morgan fingerprint density at radius 3 is 2.67 bits per heavy atom. The summed E-state index contributed by atoms with van der Waals surface area (Å²) in [6, 6.07) is 15.5. The summed E-state index contributed by atoms with van der Waals surface area (Å²) < 4.78 is 7.62. The number of hydrogen-bond acceptors (Lipinski definition) is 7. The number of carboxylic acid groups (broad SMARTS) is 1. The number of nitrogens with zero attached hydrogens (tertiary/aromatic N) is 4. The van der Waals surface area contributed by atoms with Gasteiger partial charge in [-0.15, -0.1) is 21.5 Å². The SMILES string of the molecule is Cc1nnc2n1-c1sc(C#CCOc3ccc(C(=O)C(=O)O)cc3)cc1C(c1ccccc1Cl)=NC2. The highest BCUT2D eigenvalue weighted by Crippen LogP contribution is 2.34. The van der Waals surface area contributed by atoms with Crippen molar-refractivity contribution in [3.8, 4) is 22.6 Å². The molecule has 0 aliphatic carbocycles. The van der Waals surface area contributed by atoms with Crippen molar-refractivity contribution in [2.24, 2.45) is 4.99 Å². The zero-order valence-corrected chi connectivity index (χ0v) is 20.4. The Morgan fingerprint density at radius 2 is 1.92 bits per heavy atom. The molecule has 2 aromatic carbocycles. The van der Waals surface area contributed by atoms with Crippen LogP contribution in [-0.4, -0.2) is 43.9 Å². The molecule has 0 atom stereocenters. The largest absolute Gasteiger partial charge is 0.481 e. The molecule has 2 aromatic heterocycles. The Kier molecular flexibility index (Phi) is 6.38. The zero-order valence-electron chi connectivity index (χ0n) is 18.9. The second-order valence-corrected chi connectivity index (χ2v) is 9.16. The highest BCUT2D eigenvalue weighted by atomic mass is 35.5. The van der Waals surface area contributed by atoms with E-state index in [9.17, 15) is 9.59 Å². The van der Waals surface area contributed by atoms with E-state index in [4.69, 9.17) is 26.4 Å². The summed E-state index contributed by atoms with van der Waals surface area (Å²) in [6.07, 6.45) is 0. The summed E-state index contributed by atoms with van der Waals surface area (Å²) in [7, 11) is 0. The second-order valence-electron chi connectivity index (χ2n) is 7.72. The van der Waals surface area contributed by atoms with Gasteiger partial charge in [0.25, 0.3) is 5.78 Å². The lowest BCUT2D eigenvalue weighted by Gasteiger charge is -2.08. The van der Waals surface area contributed by atoms with E-state index in [-0.39, 0.29) is 12.2 Å². The number of thiophene rings is 1. The number of ketones is 1. The Labute approximate surface area is 214 Å². The summed E-state index contributed by atoms with van der Waals surface area (Å²) in [5.74, 6) is 5.65. The van der Waals surface area contributed by atoms with Crippen LogP contribution in [0.15, 0.2) is 59.6 Å². The summed E-state index contributed by atoms with van der Waals surface area (Å²) in [5.41, 5.74) is 2.60. The number of halogens is 1. The molecule has 1 N–H and O–H groups in total. The minimum atomic E-state index is -1.50. The van der Waals surface area contributed by atoms with Gasteiger partial charge in [-0.1, -0.05) is 41.6 Å². The standard InChI is InChI=1S/C26H17ClN4O4S/c1-15-29-30-22-14-28-23(19-6-2-3-7-21(19)27)20-13-18(36-25(20)31(15)22)5-4-12-35-17-10-8-16(9-11-17)24(32)26(33)34/h2-3,6-11,13H,12,14H2,1H3,(H,33,34). The number of fused-ring (bicyclic) bond motifs is 3. The number of carboxylic acids is 1. The fourth-order valence-corrected chi connectivity index (χ4v) is 5.07. The fraction of sp³-hybridized carbons (Fsp3) is 0.115. The number of aliphatic carboxylic acids is 1. The number of hydrogen-bond donors (Lipinski definition) is 1. The van der Waals surface area contributed by atoms with Crippen molar-refractivity contribution in [2.75, 3.05) is 6.61 Å². The van der Waals surface area contributed by atoms with Gasteiger partial charge in [0.15, 0.2) is 5.82 Å². The predicted octanol–water partition coefficient (Wildman–Crippen LogP) is 4.34. The summed E-state index contributed by atoms with van der Waals surface area (Å²) >= 11 is 8.00. The topological polar surface area (TPSA) is 107 Å². The monoisotopic (exact) mass is 516 g/mol. The highest BCUT2D eigenvalue weighted by molar-refractivity contribution is 7.15. The zero-order chi connectivity index (χ0) is 25.2. The van der Waals surface area contributed by atoms with E-state index in [2.05, 4.69) is 22.0 Å². The van der Waals surface area contributed by atoms with Crippen molar-refractivity contribution in [2.45, 2.75) is 13.5 Å². The average Bonchev–Trinajstić information content (AvgIpc) is 3.41. The summed E-state index contributed by atoms with van der Waals surface area (Å²) in [4.78, 5) is 27.9. The quantitative estimate of drug-likeness (QED) is 0.240. The first kappa shape index (κ1) is 23.5. The molecule has 36 heavy (non-hydrogen) atoms. The van der Waals surface area contributed by atoms with Gasteiger partial charge in [-0.3, -0.25) is 14.4 Å². The third-order valence-electron chi connectivity index (χ3n) is 5.40. The van der Waals surface area contributed by atoms with Crippen LogP contribution in [0.5, 0.6) is 5.75 Å². The first-order valence-electron chi connectivity index (χ1n) is 10.8. The second kappa shape index (κ2) is 9.77. The number of benzene rings is 2. The summed E-state index contributed by atoms with van der Waals surface area (Å²) in [6.45, 7) is 2.39. The molecule has 0 unspecified atom stereocenters. The average molecular weight is 517 g/mol. The van der Waals surface area contributed by atoms with Gasteiger partial charge in [-0.2, -0.15) is 0 Å². The van der Waals surface area contributed by atoms with Crippen molar-refractivity contribution >= 4 is 40.4 Å². The minimum Gasteiger partial charge on any atom is -0.481 e. The molecule has 0 fully saturated rings. The molecular formula is C26H17ClN4O4S. The van der Waals surface area contributed by atoms with Gasteiger partial charge in [-0.25, -0.2) is 4.79 Å². The highest BCUT2D eigenvalue weighted by Gasteiger charge is 2.25. The number of aryl methyl sites for hydroxylation is 1. The van der Waals surface area contributed by atoms with Gasteiger partial charge >= 0.3 is 5.97 Å². The van der Waals surface area contributed by atoms with Crippen LogP contribution in [0.25, 0.3) is 5.00 Å².